The van der Waals surface area contributed by atoms with Crippen LogP contribution in [-0.2, 0) is 14.3 Å². The lowest BCUT2D eigenvalue weighted by Gasteiger charge is -2.47. The Morgan fingerprint density at radius 3 is 2.06 bits per heavy atom. The summed E-state index contributed by atoms with van der Waals surface area (Å²) in [6.45, 7) is 16.7. The molecule has 11 heteroatoms. The van der Waals surface area contributed by atoms with Crippen molar-refractivity contribution in [3.8, 4) is 0 Å². The highest BCUT2D eigenvalue weighted by Crippen LogP contribution is 2.83. The molecule has 1 heterocycles. The second-order valence-corrected chi connectivity index (χ2v) is 13.7. The Kier molecular flexibility index (Phi) is 6.08. The van der Waals surface area contributed by atoms with Crippen LogP contribution in [-0.4, -0.2) is 59.8 Å². The van der Waals surface area contributed by atoms with Crippen molar-refractivity contribution in [2.45, 2.75) is 83.9 Å². The standard InChI is InChI=1S/C23H36N4O6S/c1-19(2,3)13-14(26-18(32)33-21(7,8)9)22(20(4,5)6)11(15(28)29)12(22)23(13,16(30)31)34-17-24-10-25-27-17/h10-14H,1-9H3,(H,26,32)(H,28,29)(H,30,31)(H,24,25,27)/t11-,12+,13?,14-,22-,23-/m0/s1. The van der Waals surface area contributed by atoms with Gasteiger partial charge in [-0.05, 0) is 31.6 Å². The van der Waals surface area contributed by atoms with Crippen molar-refractivity contribution in [3.05, 3.63) is 6.33 Å². The Bertz CT molecular complexity index is 977. The number of fused-ring (bicyclic) bond motifs is 1. The van der Waals surface area contributed by atoms with Gasteiger partial charge in [-0.15, -0.1) is 0 Å². The number of aliphatic carboxylic acids is 2. The topological polar surface area (TPSA) is 154 Å². The van der Waals surface area contributed by atoms with Crippen molar-refractivity contribution in [1.29, 1.82) is 0 Å². The third kappa shape index (κ3) is 3.85. The molecule has 1 unspecified atom stereocenters. The number of carboxylic acids is 2. The zero-order valence-corrected chi connectivity index (χ0v) is 22.0. The highest BCUT2D eigenvalue weighted by Gasteiger charge is 2.91. The number of rotatable bonds is 5. The average Bonchev–Trinajstić information content (AvgIpc) is 2.96. The molecule has 1 aromatic rings. The summed E-state index contributed by atoms with van der Waals surface area (Å²) in [5.74, 6) is -4.61. The fourth-order valence-electron chi connectivity index (χ4n) is 6.48. The first-order valence-corrected chi connectivity index (χ1v) is 12.1. The summed E-state index contributed by atoms with van der Waals surface area (Å²) >= 11 is 0.994. The zero-order valence-electron chi connectivity index (χ0n) is 21.2. The Labute approximate surface area is 204 Å². The summed E-state index contributed by atoms with van der Waals surface area (Å²) in [6, 6.07) is -0.778. The van der Waals surface area contributed by atoms with E-state index in [9.17, 15) is 24.6 Å². The maximum absolute atomic E-state index is 13.2. The van der Waals surface area contributed by atoms with E-state index in [0.717, 1.165) is 11.8 Å². The number of aromatic amines is 1. The predicted molar refractivity (Wildman–Crippen MR) is 125 cm³/mol. The molecule has 190 valence electrons. The van der Waals surface area contributed by atoms with Crippen molar-refractivity contribution in [1.82, 2.24) is 20.5 Å². The summed E-state index contributed by atoms with van der Waals surface area (Å²) in [7, 11) is 0. The summed E-state index contributed by atoms with van der Waals surface area (Å²) < 4.78 is 3.95. The number of aromatic nitrogens is 3. The molecule has 0 aromatic carbocycles. The highest BCUT2D eigenvalue weighted by molar-refractivity contribution is 8.01. The van der Waals surface area contributed by atoms with Gasteiger partial charge in [0, 0.05) is 23.3 Å². The van der Waals surface area contributed by atoms with Gasteiger partial charge in [0.15, 0.2) is 5.16 Å². The number of hydrogen-bond donors (Lipinski definition) is 4. The number of amides is 1. The molecule has 1 amide bonds. The molecule has 0 saturated heterocycles. The van der Waals surface area contributed by atoms with Crippen LogP contribution in [0.5, 0.6) is 0 Å². The van der Waals surface area contributed by atoms with E-state index < -0.39 is 68.4 Å². The number of carbonyl (C=O) groups is 3. The second-order valence-electron chi connectivity index (χ2n) is 12.4. The fourth-order valence-corrected chi connectivity index (χ4v) is 8.16. The van der Waals surface area contributed by atoms with E-state index in [1.54, 1.807) is 20.8 Å². The molecule has 2 fully saturated rings. The molecule has 0 spiro atoms. The summed E-state index contributed by atoms with van der Waals surface area (Å²) in [6.07, 6.45) is 0.588. The molecule has 2 aliphatic rings. The van der Waals surface area contributed by atoms with Crippen molar-refractivity contribution < 1.29 is 29.3 Å². The number of H-pyrrole nitrogens is 1. The number of hydrogen-bond acceptors (Lipinski definition) is 7. The number of nitrogens with one attached hydrogen (secondary N) is 2. The molecule has 34 heavy (non-hydrogen) atoms. The van der Waals surface area contributed by atoms with Crippen LogP contribution in [0.3, 0.4) is 0 Å². The molecule has 6 atom stereocenters. The van der Waals surface area contributed by atoms with E-state index >= 15 is 0 Å². The first-order valence-electron chi connectivity index (χ1n) is 11.3. The Balaban J connectivity index is 2.29. The van der Waals surface area contributed by atoms with Crippen LogP contribution in [0.2, 0.25) is 0 Å². The van der Waals surface area contributed by atoms with Gasteiger partial charge in [-0.1, -0.05) is 53.3 Å². The first kappa shape index (κ1) is 26.3. The monoisotopic (exact) mass is 496 g/mol. The zero-order chi connectivity index (χ0) is 26.1. The number of thioether (sulfide) groups is 1. The van der Waals surface area contributed by atoms with Crippen LogP contribution in [0.4, 0.5) is 4.79 Å². The smallest absolute Gasteiger partial charge is 0.407 e. The van der Waals surface area contributed by atoms with Crippen LogP contribution in [0.1, 0.15) is 62.3 Å². The van der Waals surface area contributed by atoms with E-state index in [2.05, 4.69) is 20.5 Å². The van der Waals surface area contributed by atoms with Gasteiger partial charge in [0.1, 0.15) is 16.7 Å². The van der Waals surface area contributed by atoms with Gasteiger partial charge < -0.3 is 20.3 Å². The van der Waals surface area contributed by atoms with Crippen LogP contribution < -0.4 is 5.32 Å². The van der Waals surface area contributed by atoms with Gasteiger partial charge in [-0.3, -0.25) is 14.7 Å². The van der Waals surface area contributed by atoms with Gasteiger partial charge in [-0.2, -0.15) is 5.10 Å². The van der Waals surface area contributed by atoms with Gasteiger partial charge >= 0.3 is 18.0 Å². The molecule has 10 nitrogen and oxygen atoms in total. The molecule has 3 rings (SSSR count). The van der Waals surface area contributed by atoms with E-state index in [1.807, 2.05) is 41.5 Å². The Hall–Kier alpha value is -2.30. The lowest BCUT2D eigenvalue weighted by Crippen LogP contribution is -2.59. The van der Waals surface area contributed by atoms with Crippen LogP contribution in [0, 0.1) is 34.0 Å². The van der Waals surface area contributed by atoms with Crippen LogP contribution in [0.25, 0.3) is 0 Å². The van der Waals surface area contributed by atoms with Gasteiger partial charge in [0.25, 0.3) is 0 Å². The minimum Gasteiger partial charge on any atom is -0.481 e. The second kappa shape index (κ2) is 7.86. The maximum Gasteiger partial charge on any atom is 0.407 e. The minimum atomic E-state index is -1.59. The molecule has 4 N–H and O–H groups in total. The van der Waals surface area contributed by atoms with Crippen molar-refractivity contribution >= 4 is 29.8 Å². The van der Waals surface area contributed by atoms with E-state index in [0.29, 0.717) is 0 Å². The number of ether oxygens (including phenoxy) is 1. The van der Waals surface area contributed by atoms with Crippen LogP contribution >= 0.6 is 11.8 Å². The predicted octanol–water partition coefficient (Wildman–Crippen LogP) is 3.65. The normalized spacial score (nSPS) is 33.2. The Morgan fingerprint density at radius 2 is 1.68 bits per heavy atom. The van der Waals surface area contributed by atoms with Crippen molar-refractivity contribution in [2.24, 2.45) is 34.0 Å². The molecule has 0 radical (unpaired) electrons. The van der Waals surface area contributed by atoms with Gasteiger partial charge in [0.05, 0.1) is 5.92 Å². The number of carbonyl (C=O) groups excluding carboxylic acids is 1. The molecule has 1 aromatic heterocycles. The van der Waals surface area contributed by atoms with Crippen molar-refractivity contribution in [2.75, 3.05) is 0 Å². The first-order chi connectivity index (χ1) is 15.3. The minimum absolute atomic E-state index is 0.286. The number of alkyl carbamates (subject to hydrolysis) is 1. The third-order valence-corrected chi connectivity index (χ3v) is 8.60. The Morgan fingerprint density at radius 1 is 1.09 bits per heavy atom. The molecule has 2 aliphatic carbocycles. The quantitative estimate of drug-likeness (QED) is 0.478. The van der Waals surface area contributed by atoms with E-state index in [1.165, 1.54) is 6.33 Å². The number of nitrogens with zero attached hydrogens (tertiary/aromatic N) is 2. The average molecular weight is 497 g/mol. The van der Waals surface area contributed by atoms with E-state index in [4.69, 9.17) is 4.74 Å². The largest absolute Gasteiger partial charge is 0.481 e. The molecule has 0 bridgehead atoms. The van der Waals surface area contributed by atoms with Crippen molar-refractivity contribution in [3.63, 3.8) is 0 Å². The summed E-state index contributed by atoms with van der Waals surface area (Å²) in [5, 5.41) is 30.9. The van der Waals surface area contributed by atoms with E-state index in [-0.39, 0.29) is 5.16 Å². The molecular weight excluding hydrogens is 460 g/mol. The SMILES string of the molecule is CC(C)(C)OC(=O)N[C@H]1C(C(C)(C)C)[C@](Sc2ncn[nH]2)(C(=O)O)[C@@H]2[C@@H](C(=O)O)[C@]21C(C)(C)C. The number of carboxylic acid groups (broad SMARTS) is 2. The van der Waals surface area contributed by atoms with Gasteiger partial charge in [-0.25, -0.2) is 9.78 Å². The third-order valence-electron chi connectivity index (χ3n) is 7.19. The maximum atomic E-state index is 13.2. The molecule has 0 aliphatic heterocycles. The lowest BCUT2D eigenvalue weighted by molar-refractivity contribution is -0.145. The molecule has 2 saturated carbocycles. The fraction of sp³-hybridized carbons (Fsp3) is 0.783. The van der Waals surface area contributed by atoms with Crippen LogP contribution in [0.15, 0.2) is 11.5 Å². The lowest BCUT2D eigenvalue weighted by atomic mass is 9.64. The summed E-state index contributed by atoms with van der Waals surface area (Å²) in [4.78, 5) is 43.0. The molecular formula is C23H36N4O6S. The summed E-state index contributed by atoms with van der Waals surface area (Å²) in [5.41, 5.74) is -3.08. The van der Waals surface area contributed by atoms with Gasteiger partial charge in [0.2, 0.25) is 0 Å². The highest BCUT2D eigenvalue weighted by atomic mass is 32.2.